The summed E-state index contributed by atoms with van der Waals surface area (Å²) in [5.74, 6) is -2.22. The highest BCUT2D eigenvalue weighted by Gasteiger charge is 2.15. The number of hydrogen-bond acceptors (Lipinski definition) is 4. The largest absolute Gasteiger partial charge is 0.480 e. The third-order valence-corrected chi connectivity index (χ3v) is 4.05. The Hall–Kier alpha value is -2.48. The van der Waals surface area contributed by atoms with E-state index in [-0.39, 0.29) is 35.6 Å². The molecule has 0 saturated carbocycles. The molecule has 0 bridgehead atoms. The number of rotatable bonds is 7. The predicted octanol–water partition coefficient (Wildman–Crippen LogP) is 4.16. The number of halogens is 3. The number of amides is 1. The number of carbonyl (C=O) groups is 2. The van der Waals surface area contributed by atoms with Crippen molar-refractivity contribution in [2.24, 2.45) is 0 Å². The molecule has 5 nitrogen and oxygen atoms in total. The highest BCUT2D eigenvalue weighted by Crippen LogP contribution is 2.28. The number of esters is 1. The number of nitrogens with one attached hydrogen (secondary N) is 1. The van der Waals surface area contributed by atoms with Crippen LogP contribution in [-0.4, -0.2) is 25.1 Å². The van der Waals surface area contributed by atoms with E-state index < -0.39 is 30.1 Å². The fourth-order valence-electron chi connectivity index (χ4n) is 2.25. The fourth-order valence-corrected chi connectivity index (χ4v) is 2.59. The van der Waals surface area contributed by atoms with Gasteiger partial charge in [0, 0.05) is 10.5 Å². The minimum atomic E-state index is -0.618. The van der Waals surface area contributed by atoms with Gasteiger partial charge in [0.2, 0.25) is 5.91 Å². The zero-order valence-corrected chi connectivity index (χ0v) is 16.4. The normalized spacial score (nSPS) is 10.4. The summed E-state index contributed by atoms with van der Waals surface area (Å²) in [5.41, 5.74) is 0.674. The van der Waals surface area contributed by atoms with Crippen LogP contribution in [0.1, 0.15) is 18.1 Å². The SMILES string of the molecule is CCOC(=O)COc1cc(F)c(C)cc1NC(=O)Cc1ccc(Br)cc1F. The lowest BCUT2D eigenvalue weighted by Gasteiger charge is -2.14. The third kappa shape index (κ3) is 6.02. The minimum absolute atomic E-state index is 0.0178. The number of ether oxygens (including phenoxy) is 2. The summed E-state index contributed by atoms with van der Waals surface area (Å²) in [6.07, 6.45) is -0.215. The summed E-state index contributed by atoms with van der Waals surface area (Å²) in [6.45, 7) is 2.93. The second-order valence-corrected chi connectivity index (χ2v) is 6.57. The van der Waals surface area contributed by atoms with Crippen molar-refractivity contribution in [3.8, 4) is 5.75 Å². The first-order valence-electron chi connectivity index (χ1n) is 8.12. The molecule has 0 aliphatic rings. The molecule has 0 heterocycles. The van der Waals surface area contributed by atoms with Crippen molar-refractivity contribution in [2.45, 2.75) is 20.3 Å². The summed E-state index contributed by atoms with van der Waals surface area (Å²) in [7, 11) is 0. The number of carbonyl (C=O) groups excluding carboxylic acids is 2. The van der Waals surface area contributed by atoms with E-state index in [2.05, 4.69) is 21.2 Å². The molecule has 1 amide bonds. The fraction of sp³-hybridized carbons (Fsp3) is 0.263. The zero-order chi connectivity index (χ0) is 20.0. The Bertz CT molecular complexity index is 858. The minimum Gasteiger partial charge on any atom is -0.480 e. The van der Waals surface area contributed by atoms with Crippen molar-refractivity contribution in [1.82, 2.24) is 0 Å². The molecule has 0 unspecified atom stereocenters. The van der Waals surface area contributed by atoms with Gasteiger partial charge >= 0.3 is 5.97 Å². The van der Waals surface area contributed by atoms with Gasteiger partial charge in [-0.1, -0.05) is 22.0 Å². The Labute approximate surface area is 163 Å². The molecule has 2 aromatic rings. The van der Waals surface area contributed by atoms with Gasteiger partial charge in [0.15, 0.2) is 6.61 Å². The van der Waals surface area contributed by atoms with E-state index in [1.54, 1.807) is 13.0 Å². The van der Waals surface area contributed by atoms with Crippen LogP contribution in [-0.2, 0) is 20.7 Å². The molecule has 0 spiro atoms. The summed E-state index contributed by atoms with van der Waals surface area (Å²) < 4.78 is 38.3. The molecule has 8 heteroatoms. The quantitative estimate of drug-likeness (QED) is 0.655. The smallest absolute Gasteiger partial charge is 0.344 e. The molecule has 0 saturated heterocycles. The zero-order valence-electron chi connectivity index (χ0n) is 14.8. The molecular weight excluding hydrogens is 424 g/mol. The van der Waals surface area contributed by atoms with Crippen LogP contribution in [0, 0.1) is 18.6 Å². The molecule has 1 N–H and O–H groups in total. The maximum absolute atomic E-state index is 13.9. The van der Waals surface area contributed by atoms with Crippen LogP contribution >= 0.6 is 15.9 Å². The number of benzene rings is 2. The molecule has 0 aliphatic heterocycles. The van der Waals surface area contributed by atoms with Crippen LogP contribution in [0.5, 0.6) is 5.75 Å². The van der Waals surface area contributed by atoms with Crippen LogP contribution in [0.3, 0.4) is 0 Å². The van der Waals surface area contributed by atoms with E-state index in [1.165, 1.54) is 25.1 Å². The van der Waals surface area contributed by atoms with E-state index in [0.717, 1.165) is 6.07 Å². The van der Waals surface area contributed by atoms with Crippen LogP contribution in [0.2, 0.25) is 0 Å². The van der Waals surface area contributed by atoms with Gasteiger partial charge in [-0.15, -0.1) is 0 Å². The number of hydrogen-bond donors (Lipinski definition) is 1. The molecule has 27 heavy (non-hydrogen) atoms. The summed E-state index contributed by atoms with van der Waals surface area (Å²) in [5, 5.41) is 2.56. The molecule has 0 radical (unpaired) electrons. The first-order chi connectivity index (χ1) is 12.8. The lowest BCUT2D eigenvalue weighted by molar-refractivity contribution is -0.145. The van der Waals surface area contributed by atoms with Crippen molar-refractivity contribution in [1.29, 1.82) is 0 Å². The van der Waals surface area contributed by atoms with Gasteiger partial charge in [0.1, 0.15) is 17.4 Å². The summed E-state index contributed by atoms with van der Waals surface area (Å²) in [4.78, 5) is 23.7. The maximum atomic E-state index is 13.9. The van der Waals surface area contributed by atoms with Crippen molar-refractivity contribution in [3.05, 3.63) is 57.6 Å². The number of aryl methyl sites for hydroxylation is 1. The Morgan fingerprint density at radius 1 is 1.15 bits per heavy atom. The first kappa shape index (κ1) is 20.8. The average Bonchev–Trinajstić information content (AvgIpc) is 2.59. The van der Waals surface area contributed by atoms with Gasteiger partial charge in [-0.25, -0.2) is 13.6 Å². The standard InChI is InChI=1S/C19H18BrF2NO4/c1-3-26-19(25)10-27-17-9-14(21)11(2)6-16(17)23-18(24)7-12-4-5-13(20)8-15(12)22/h4-6,8-9H,3,7,10H2,1-2H3,(H,23,24). The van der Waals surface area contributed by atoms with E-state index in [4.69, 9.17) is 9.47 Å². The molecule has 0 atom stereocenters. The second-order valence-electron chi connectivity index (χ2n) is 5.65. The van der Waals surface area contributed by atoms with E-state index in [1.807, 2.05) is 0 Å². The van der Waals surface area contributed by atoms with E-state index in [0.29, 0.717) is 4.47 Å². The Morgan fingerprint density at radius 2 is 1.89 bits per heavy atom. The van der Waals surface area contributed by atoms with Gasteiger partial charge in [-0.2, -0.15) is 0 Å². The Balaban J connectivity index is 2.14. The second kappa shape index (κ2) is 9.45. The topological polar surface area (TPSA) is 64.6 Å². The molecule has 0 aromatic heterocycles. The van der Waals surface area contributed by atoms with Crippen molar-refractivity contribution in [3.63, 3.8) is 0 Å². The predicted molar refractivity (Wildman–Crippen MR) is 99.7 cm³/mol. The van der Waals surface area contributed by atoms with Crippen molar-refractivity contribution < 1.29 is 27.8 Å². The molecule has 144 valence electrons. The van der Waals surface area contributed by atoms with Gasteiger partial charge in [-0.05, 0) is 43.2 Å². The van der Waals surface area contributed by atoms with Crippen LogP contribution in [0.15, 0.2) is 34.8 Å². The van der Waals surface area contributed by atoms with Gasteiger partial charge < -0.3 is 14.8 Å². The van der Waals surface area contributed by atoms with E-state index >= 15 is 0 Å². The lowest BCUT2D eigenvalue weighted by atomic mass is 10.1. The summed E-state index contributed by atoms with van der Waals surface area (Å²) in [6, 6.07) is 6.84. The molecule has 2 rings (SSSR count). The lowest BCUT2D eigenvalue weighted by Crippen LogP contribution is -2.18. The van der Waals surface area contributed by atoms with Gasteiger partial charge in [0.05, 0.1) is 18.7 Å². The Kier molecular flexibility index (Phi) is 7.29. The third-order valence-electron chi connectivity index (χ3n) is 3.55. The van der Waals surface area contributed by atoms with Crippen LogP contribution < -0.4 is 10.1 Å². The highest BCUT2D eigenvalue weighted by molar-refractivity contribution is 9.10. The molecule has 0 fully saturated rings. The van der Waals surface area contributed by atoms with E-state index in [9.17, 15) is 18.4 Å². The first-order valence-corrected chi connectivity index (χ1v) is 8.91. The van der Waals surface area contributed by atoms with Gasteiger partial charge in [0.25, 0.3) is 0 Å². The molecule has 0 aliphatic carbocycles. The van der Waals surface area contributed by atoms with Crippen molar-refractivity contribution >= 4 is 33.5 Å². The average molecular weight is 442 g/mol. The van der Waals surface area contributed by atoms with Gasteiger partial charge in [-0.3, -0.25) is 4.79 Å². The number of anilines is 1. The monoisotopic (exact) mass is 441 g/mol. The molecular formula is C19H18BrF2NO4. The molecule has 2 aromatic carbocycles. The van der Waals surface area contributed by atoms with Crippen LogP contribution in [0.25, 0.3) is 0 Å². The maximum Gasteiger partial charge on any atom is 0.344 e. The van der Waals surface area contributed by atoms with Crippen molar-refractivity contribution in [2.75, 3.05) is 18.5 Å². The highest BCUT2D eigenvalue weighted by atomic mass is 79.9. The van der Waals surface area contributed by atoms with Crippen LogP contribution in [0.4, 0.5) is 14.5 Å². The summed E-state index contributed by atoms with van der Waals surface area (Å²) >= 11 is 3.15. The Morgan fingerprint density at radius 3 is 2.56 bits per heavy atom.